The van der Waals surface area contributed by atoms with E-state index in [-0.39, 0.29) is 5.91 Å². The molecule has 21 heavy (non-hydrogen) atoms. The molecule has 1 amide bonds. The van der Waals surface area contributed by atoms with Gasteiger partial charge < -0.3 is 5.32 Å². The van der Waals surface area contributed by atoms with Gasteiger partial charge in [0.15, 0.2) is 5.82 Å². The minimum absolute atomic E-state index is 0.163. The Balaban J connectivity index is 1.75. The molecule has 2 heterocycles. The predicted molar refractivity (Wildman–Crippen MR) is 86.3 cm³/mol. The maximum absolute atomic E-state index is 12.1. The number of pyridine rings is 1. The first-order chi connectivity index (χ1) is 10.2. The second-order valence-electron chi connectivity index (χ2n) is 4.21. The Morgan fingerprint density at radius 1 is 1.24 bits per heavy atom. The van der Waals surface area contributed by atoms with E-state index in [1.54, 1.807) is 35.4 Å². The molecule has 0 aliphatic rings. The molecule has 6 nitrogen and oxygen atoms in total. The highest BCUT2D eigenvalue weighted by Crippen LogP contribution is 2.12. The molecule has 0 radical (unpaired) electrons. The molecule has 0 atom stereocenters. The molecule has 1 aromatic carbocycles. The fourth-order valence-electron chi connectivity index (χ4n) is 1.76. The molecule has 0 aliphatic carbocycles. The van der Waals surface area contributed by atoms with Crippen molar-refractivity contribution in [1.82, 2.24) is 19.7 Å². The number of nitrogens with zero attached hydrogens (tertiary/aromatic N) is 4. The molecule has 0 saturated carbocycles. The largest absolute Gasteiger partial charge is 0.321 e. The van der Waals surface area contributed by atoms with Gasteiger partial charge in [-0.3, -0.25) is 4.79 Å². The van der Waals surface area contributed by atoms with Crippen molar-refractivity contribution in [3.63, 3.8) is 0 Å². The Kier molecular flexibility index (Phi) is 3.91. The van der Waals surface area contributed by atoms with Crippen molar-refractivity contribution < 1.29 is 4.79 Å². The second kappa shape index (κ2) is 6.00. The van der Waals surface area contributed by atoms with E-state index in [1.165, 1.54) is 6.33 Å². The van der Waals surface area contributed by atoms with E-state index in [0.717, 1.165) is 3.57 Å². The van der Waals surface area contributed by atoms with Crippen LogP contribution in [-0.2, 0) is 0 Å². The lowest BCUT2D eigenvalue weighted by Crippen LogP contribution is -2.12. The van der Waals surface area contributed by atoms with Crippen molar-refractivity contribution in [3.8, 4) is 5.82 Å². The number of hydrogen-bond acceptors (Lipinski definition) is 4. The molecule has 1 N–H and O–H groups in total. The summed E-state index contributed by atoms with van der Waals surface area (Å²) in [6, 6.07) is 10.9. The van der Waals surface area contributed by atoms with Crippen LogP contribution in [0.15, 0.2) is 55.2 Å². The summed E-state index contributed by atoms with van der Waals surface area (Å²) in [6.45, 7) is 0. The highest BCUT2D eigenvalue weighted by atomic mass is 127. The predicted octanol–water partition coefficient (Wildman–Crippen LogP) is 2.52. The molecule has 0 unspecified atom stereocenters. The average Bonchev–Trinajstić information content (AvgIpc) is 3.02. The van der Waals surface area contributed by atoms with Crippen LogP contribution in [0, 0.1) is 3.57 Å². The molecule has 0 spiro atoms. The number of halogens is 1. The number of amides is 1. The van der Waals surface area contributed by atoms with Gasteiger partial charge in [-0.2, -0.15) is 5.10 Å². The van der Waals surface area contributed by atoms with Gasteiger partial charge in [0.05, 0.1) is 11.9 Å². The summed E-state index contributed by atoms with van der Waals surface area (Å²) in [4.78, 5) is 20.2. The van der Waals surface area contributed by atoms with Crippen LogP contribution in [0.3, 0.4) is 0 Å². The van der Waals surface area contributed by atoms with Crippen molar-refractivity contribution >= 4 is 34.2 Å². The van der Waals surface area contributed by atoms with Crippen LogP contribution in [0.2, 0.25) is 0 Å². The summed E-state index contributed by atoms with van der Waals surface area (Å²) in [7, 11) is 0. The zero-order valence-corrected chi connectivity index (χ0v) is 12.9. The van der Waals surface area contributed by atoms with Crippen LogP contribution < -0.4 is 5.32 Å². The summed E-state index contributed by atoms with van der Waals surface area (Å²) in [5, 5.41) is 6.80. The van der Waals surface area contributed by atoms with Crippen molar-refractivity contribution in [3.05, 3.63) is 64.4 Å². The van der Waals surface area contributed by atoms with Gasteiger partial charge in [0.25, 0.3) is 5.91 Å². The van der Waals surface area contributed by atoms with Crippen molar-refractivity contribution in [1.29, 1.82) is 0 Å². The van der Waals surface area contributed by atoms with Gasteiger partial charge in [0, 0.05) is 9.13 Å². The van der Waals surface area contributed by atoms with E-state index in [0.29, 0.717) is 17.1 Å². The zero-order valence-electron chi connectivity index (χ0n) is 10.8. The molecule has 3 aromatic rings. The number of carbonyl (C=O) groups excluding carboxylic acids is 1. The molecule has 0 aliphatic heterocycles. The molecule has 0 saturated heterocycles. The Bertz CT molecular complexity index is 755. The smallest absolute Gasteiger partial charge is 0.255 e. The molecule has 3 rings (SSSR count). The summed E-state index contributed by atoms with van der Waals surface area (Å²) in [5.74, 6) is 0.476. The minimum Gasteiger partial charge on any atom is -0.321 e. The lowest BCUT2D eigenvalue weighted by Gasteiger charge is -2.06. The van der Waals surface area contributed by atoms with E-state index in [2.05, 4.69) is 43.0 Å². The van der Waals surface area contributed by atoms with Gasteiger partial charge in [0.1, 0.15) is 12.7 Å². The van der Waals surface area contributed by atoms with Crippen LogP contribution in [-0.4, -0.2) is 25.7 Å². The summed E-state index contributed by atoms with van der Waals surface area (Å²) >= 11 is 2.17. The Hall–Kier alpha value is -2.29. The molecule has 0 bridgehead atoms. The van der Waals surface area contributed by atoms with Gasteiger partial charge >= 0.3 is 0 Å². The average molecular weight is 391 g/mol. The quantitative estimate of drug-likeness (QED) is 0.697. The van der Waals surface area contributed by atoms with Crippen LogP contribution in [0.4, 0.5) is 5.69 Å². The number of nitrogens with one attached hydrogen (secondary N) is 1. The number of hydrogen-bond donors (Lipinski definition) is 1. The monoisotopic (exact) mass is 391 g/mol. The van der Waals surface area contributed by atoms with Gasteiger partial charge in [-0.05, 0) is 52.9 Å². The van der Waals surface area contributed by atoms with Gasteiger partial charge in [0.2, 0.25) is 0 Å². The molecular weight excluding hydrogens is 381 g/mol. The highest BCUT2D eigenvalue weighted by molar-refractivity contribution is 14.1. The first kappa shape index (κ1) is 13.7. The van der Waals surface area contributed by atoms with Crippen molar-refractivity contribution in [2.24, 2.45) is 0 Å². The van der Waals surface area contributed by atoms with Crippen molar-refractivity contribution in [2.45, 2.75) is 0 Å². The SMILES string of the molecule is O=C(Nc1ccc(-n2cncn2)nc1)c1cccc(I)c1. The van der Waals surface area contributed by atoms with E-state index in [9.17, 15) is 4.79 Å². The first-order valence-electron chi connectivity index (χ1n) is 6.10. The molecule has 2 aromatic heterocycles. The number of carbonyl (C=O) groups is 1. The Morgan fingerprint density at radius 2 is 2.14 bits per heavy atom. The maximum Gasteiger partial charge on any atom is 0.255 e. The summed E-state index contributed by atoms with van der Waals surface area (Å²) in [6.07, 6.45) is 4.59. The minimum atomic E-state index is -0.163. The highest BCUT2D eigenvalue weighted by Gasteiger charge is 2.07. The van der Waals surface area contributed by atoms with Crippen LogP contribution >= 0.6 is 22.6 Å². The summed E-state index contributed by atoms with van der Waals surface area (Å²) < 4.78 is 2.56. The number of aromatic nitrogens is 4. The third-order valence-corrected chi connectivity index (χ3v) is 3.42. The lowest BCUT2D eigenvalue weighted by molar-refractivity contribution is 0.102. The van der Waals surface area contributed by atoms with Gasteiger partial charge in [-0.25, -0.2) is 14.6 Å². The standard InChI is InChI=1S/C14H10IN5O/c15-11-3-1-2-10(6-11)14(21)19-12-4-5-13(17-7-12)20-9-16-8-18-20/h1-9H,(H,19,21). The second-order valence-corrected chi connectivity index (χ2v) is 5.46. The normalized spacial score (nSPS) is 10.3. The Morgan fingerprint density at radius 3 is 2.81 bits per heavy atom. The van der Waals surface area contributed by atoms with Crippen LogP contribution in [0.1, 0.15) is 10.4 Å². The first-order valence-corrected chi connectivity index (χ1v) is 7.18. The molecule has 7 heteroatoms. The zero-order chi connectivity index (χ0) is 14.7. The van der Waals surface area contributed by atoms with E-state index < -0.39 is 0 Å². The molecule has 0 fully saturated rings. The molecular formula is C14H10IN5O. The fraction of sp³-hybridized carbons (Fsp3) is 0. The lowest BCUT2D eigenvalue weighted by atomic mass is 10.2. The number of anilines is 1. The van der Waals surface area contributed by atoms with Crippen LogP contribution in [0.25, 0.3) is 5.82 Å². The van der Waals surface area contributed by atoms with E-state index >= 15 is 0 Å². The Labute approximate surface area is 134 Å². The fourth-order valence-corrected chi connectivity index (χ4v) is 2.30. The maximum atomic E-state index is 12.1. The van der Waals surface area contributed by atoms with Gasteiger partial charge in [-0.15, -0.1) is 0 Å². The summed E-state index contributed by atoms with van der Waals surface area (Å²) in [5.41, 5.74) is 1.24. The van der Waals surface area contributed by atoms with Gasteiger partial charge in [-0.1, -0.05) is 6.07 Å². The number of benzene rings is 1. The van der Waals surface area contributed by atoms with E-state index in [1.807, 2.05) is 18.2 Å². The third kappa shape index (κ3) is 3.24. The number of rotatable bonds is 3. The topological polar surface area (TPSA) is 72.7 Å². The van der Waals surface area contributed by atoms with Crippen LogP contribution in [0.5, 0.6) is 0 Å². The third-order valence-electron chi connectivity index (χ3n) is 2.75. The van der Waals surface area contributed by atoms with Crippen molar-refractivity contribution in [2.75, 3.05) is 5.32 Å². The molecule has 104 valence electrons. The van der Waals surface area contributed by atoms with E-state index in [4.69, 9.17) is 0 Å².